The molecular weight excluding hydrogens is 244 g/mol. The Balaban J connectivity index is 1.86. The summed E-state index contributed by atoms with van der Waals surface area (Å²) in [5, 5.41) is 12.4. The number of rotatable bonds is 4. The highest BCUT2D eigenvalue weighted by Gasteiger charge is 2.42. The number of urea groups is 1. The fourth-order valence-corrected chi connectivity index (χ4v) is 2.96. The fraction of sp³-hybridized carbons (Fsp3) is 0.857. The maximum Gasteiger partial charge on any atom is 0.317 e. The van der Waals surface area contributed by atoms with Gasteiger partial charge in [-0.25, -0.2) is 4.79 Å². The minimum atomic E-state index is -0.703. The van der Waals surface area contributed by atoms with Gasteiger partial charge in [-0.2, -0.15) is 0 Å². The number of carboxylic acids is 1. The van der Waals surface area contributed by atoms with Gasteiger partial charge in [0, 0.05) is 19.1 Å². The van der Waals surface area contributed by atoms with E-state index in [1.54, 1.807) is 4.90 Å². The summed E-state index contributed by atoms with van der Waals surface area (Å²) in [6.07, 6.45) is 3.79. The standard InChI is InChI=1S/C14H24N2O3/c1-3-4-14(12(17)18)5-7-16(8-6-14)13(19)15-11-9-10(11)2/h10-11H,3-9H2,1-2H3,(H,15,19)(H,17,18). The van der Waals surface area contributed by atoms with Crippen molar-refractivity contribution < 1.29 is 14.7 Å². The summed E-state index contributed by atoms with van der Waals surface area (Å²) in [7, 11) is 0. The van der Waals surface area contributed by atoms with Gasteiger partial charge in [0.15, 0.2) is 0 Å². The van der Waals surface area contributed by atoms with Crippen LogP contribution in [0.25, 0.3) is 0 Å². The SMILES string of the molecule is CCCC1(C(=O)O)CCN(C(=O)NC2CC2C)CC1. The number of aliphatic carboxylic acids is 1. The average molecular weight is 268 g/mol. The zero-order valence-corrected chi connectivity index (χ0v) is 11.8. The van der Waals surface area contributed by atoms with Crippen molar-refractivity contribution in [3.05, 3.63) is 0 Å². The van der Waals surface area contributed by atoms with Gasteiger partial charge in [-0.1, -0.05) is 20.3 Å². The Morgan fingerprint density at radius 1 is 1.37 bits per heavy atom. The molecule has 2 atom stereocenters. The van der Waals surface area contributed by atoms with Crippen LogP contribution in [0.4, 0.5) is 4.79 Å². The van der Waals surface area contributed by atoms with Crippen LogP contribution >= 0.6 is 0 Å². The zero-order chi connectivity index (χ0) is 14.0. The highest BCUT2D eigenvalue weighted by molar-refractivity contribution is 5.77. The Labute approximate surface area is 114 Å². The Morgan fingerprint density at radius 3 is 2.37 bits per heavy atom. The number of carboxylic acid groups (broad SMARTS) is 1. The summed E-state index contributed by atoms with van der Waals surface area (Å²) < 4.78 is 0. The predicted molar refractivity (Wildman–Crippen MR) is 71.9 cm³/mol. The van der Waals surface area contributed by atoms with Gasteiger partial charge in [0.05, 0.1) is 5.41 Å². The zero-order valence-electron chi connectivity index (χ0n) is 11.8. The molecule has 5 nitrogen and oxygen atoms in total. The summed E-state index contributed by atoms with van der Waals surface area (Å²) in [4.78, 5) is 25.2. The number of amides is 2. The molecule has 0 aromatic heterocycles. The molecular formula is C14H24N2O3. The van der Waals surface area contributed by atoms with Crippen LogP contribution in [0.3, 0.4) is 0 Å². The van der Waals surface area contributed by atoms with Crippen LogP contribution in [0.2, 0.25) is 0 Å². The summed E-state index contributed by atoms with van der Waals surface area (Å²) in [5.74, 6) is -0.114. The molecule has 1 heterocycles. The van der Waals surface area contributed by atoms with E-state index in [1.165, 1.54) is 0 Å². The Kier molecular flexibility index (Phi) is 4.02. The van der Waals surface area contributed by atoms with E-state index in [9.17, 15) is 14.7 Å². The third-order valence-electron chi connectivity index (χ3n) is 4.61. The van der Waals surface area contributed by atoms with Crippen molar-refractivity contribution in [1.29, 1.82) is 0 Å². The largest absolute Gasteiger partial charge is 0.481 e. The third kappa shape index (κ3) is 3.01. The molecule has 0 spiro atoms. The van der Waals surface area contributed by atoms with Crippen LogP contribution in [-0.4, -0.2) is 41.1 Å². The van der Waals surface area contributed by atoms with Gasteiger partial charge < -0.3 is 15.3 Å². The summed E-state index contributed by atoms with van der Waals surface area (Å²) in [6, 6.07) is 0.305. The van der Waals surface area contributed by atoms with Crippen LogP contribution in [0.15, 0.2) is 0 Å². The number of nitrogens with one attached hydrogen (secondary N) is 1. The van der Waals surface area contributed by atoms with Gasteiger partial charge in [-0.15, -0.1) is 0 Å². The number of carbonyl (C=O) groups is 2. The molecule has 19 heavy (non-hydrogen) atoms. The molecule has 1 aliphatic carbocycles. The lowest BCUT2D eigenvalue weighted by molar-refractivity contribution is -0.152. The number of nitrogens with zero attached hydrogens (tertiary/aromatic N) is 1. The Bertz CT molecular complexity index is 362. The first-order valence-corrected chi connectivity index (χ1v) is 7.27. The topological polar surface area (TPSA) is 69.6 Å². The Hall–Kier alpha value is -1.26. The molecule has 5 heteroatoms. The lowest BCUT2D eigenvalue weighted by Crippen LogP contribution is -2.50. The lowest BCUT2D eigenvalue weighted by Gasteiger charge is -2.38. The maximum atomic E-state index is 12.0. The number of carbonyl (C=O) groups excluding carboxylic acids is 1. The van der Waals surface area contributed by atoms with Gasteiger partial charge in [0.1, 0.15) is 0 Å². The quantitative estimate of drug-likeness (QED) is 0.820. The van der Waals surface area contributed by atoms with E-state index < -0.39 is 11.4 Å². The highest BCUT2D eigenvalue weighted by atomic mass is 16.4. The second-order valence-corrected chi connectivity index (χ2v) is 6.09. The van der Waals surface area contributed by atoms with Crippen molar-refractivity contribution in [2.24, 2.45) is 11.3 Å². The van der Waals surface area contributed by atoms with E-state index >= 15 is 0 Å². The monoisotopic (exact) mass is 268 g/mol. The van der Waals surface area contributed by atoms with Crippen molar-refractivity contribution in [1.82, 2.24) is 10.2 Å². The minimum absolute atomic E-state index is 0.0233. The molecule has 0 aromatic rings. The first kappa shape index (κ1) is 14.2. The van der Waals surface area contributed by atoms with Crippen LogP contribution in [0.5, 0.6) is 0 Å². The van der Waals surface area contributed by atoms with Crippen molar-refractivity contribution in [3.63, 3.8) is 0 Å². The second kappa shape index (κ2) is 5.39. The van der Waals surface area contributed by atoms with Crippen LogP contribution in [0.1, 0.15) is 46.0 Å². The average Bonchev–Trinajstić information content (AvgIpc) is 3.05. The Morgan fingerprint density at radius 2 is 1.95 bits per heavy atom. The van der Waals surface area contributed by atoms with Gasteiger partial charge in [-0.05, 0) is 31.6 Å². The van der Waals surface area contributed by atoms with Crippen molar-refractivity contribution in [2.45, 2.75) is 52.0 Å². The molecule has 2 aliphatic rings. The fourth-order valence-electron chi connectivity index (χ4n) is 2.96. The van der Waals surface area contributed by atoms with Gasteiger partial charge in [-0.3, -0.25) is 4.79 Å². The number of likely N-dealkylation sites (tertiary alicyclic amines) is 1. The van der Waals surface area contributed by atoms with E-state index in [-0.39, 0.29) is 6.03 Å². The van der Waals surface area contributed by atoms with E-state index in [0.717, 1.165) is 12.8 Å². The molecule has 2 fully saturated rings. The first-order chi connectivity index (χ1) is 8.98. The molecule has 0 radical (unpaired) electrons. The normalized spacial score (nSPS) is 28.8. The highest BCUT2D eigenvalue weighted by Crippen LogP contribution is 2.37. The molecule has 108 valence electrons. The molecule has 0 bridgehead atoms. The summed E-state index contributed by atoms with van der Waals surface area (Å²) in [5.41, 5.74) is -0.613. The number of hydrogen-bond acceptors (Lipinski definition) is 2. The molecule has 1 aliphatic heterocycles. The van der Waals surface area contributed by atoms with E-state index in [1.807, 2.05) is 6.92 Å². The van der Waals surface area contributed by atoms with E-state index in [4.69, 9.17) is 0 Å². The molecule has 2 unspecified atom stereocenters. The molecule has 2 N–H and O–H groups in total. The van der Waals surface area contributed by atoms with Gasteiger partial charge in [0.25, 0.3) is 0 Å². The van der Waals surface area contributed by atoms with Crippen molar-refractivity contribution >= 4 is 12.0 Å². The van der Waals surface area contributed by atoms with Crippen LogP contribution in [0, 0.1) is 11.3 Å². The molecule has 0 aromatic carbocycles. The van der Waals surface area contributed by atoms with Crippen molar-refractivity contribution in [2.75, 3.05) is 13.1 Å². The molecule has 2 rings (SSSR count). The number of piperidine rings is 1. The molecule has 1 saturated heterocycles. The smallest absolute Gasteiger partial charge is 0.317 e. The second-order valence-electron chi connectivity index (χ2n) is 6.09. The third-order valence-corrected chi connectivity index (χ3v) is 4.61. The predicted octanol–water partition coefficient (Wildman–Crippen LogP) is 2.07. The van der Waals surface area contributed by atoms with E-state index in [0.29, 0.717) is 44.3 Å². The molecule has 2 amide bonds. The van der Waals surface area contributed by atoms with Gasteiger partial charge >= 0.3 is 12.0 Å². The maximum absolute atomic E-state index is 12.0. The summed E-state index contributed by atoms with van der Waals surface area (Å²) >= 11 is 0. The first-order valence-electron chi connectivity index (χ1n) is 7.27. The number of hydrogen-bond donors (Lipinski definition) is 2. The minimum Gasteiger partial charge on any atom is -0.481 e. The molecule has 1 saturated carbocycles. The van der Waals surface area contributed by atoms with Crippen molar-refractivity contribution in [3.8, 4) is 0 Å². The van der Waals surface area contributed by atoms with Crippen LogP contribution < -0.4 is 5.32 Å². The van der Waals surface area contributed by atoms with E-state index in [2.05, 4.69) is 12.2 Å². The summed E-state index contributed by atoms with van der Waals surface area (Å²) in [6.45, 7) is 5.24. The lowest BCUT2D eigenvalue weighted by atomic mass is 9.75. The van der Waals surface area contributed by atoms with Crippen LogP contribution in [-0.2, 0) is 4.79 Å². The van der Waals surface area contributed by atoms with Gasteiger partial charge in [0.2, 0.25) is 0 Å².